The Morgan fingerprint density at radius 3 is 2.88 bits per heavy atom. The highest BCUT2D eigenvalue weighted by molar-refractivity contribution is 7.99. The van der Waals surface area contributed by atoms with Gasteiger partial charge in [0.05, 0.1) is 5.75 Å². The molecule has 2 N–H and O–H groups in total. The van der Waals surface area contributed by atoms with Gasteiger partial charge >= 0.3 is 0 Å². The summed E-state index contributed by atoms with van der Waals surface area (Å²) in [5.74, 6) is 2.46. The molecule has 1 heterocycles. The summed E-state index contributed by atoms with van der Waals surface area (Å²) < 4.78 is 5.18. The van der Waals surface area contributed by atoms with Crippen LogP contribution in [0.15, 0.2) is 4.52 Å². The third-order valence-electron chi connectivity index (χ3n) is 3.11. The van der Waals surface area contributed by atoms with Crippen LogP contribution in [0.4, 0.5) is 0 Å². The summed E-state index contributed by atoms with van der Waals surface area (Å²) in [6, 6.07) is 0. The van der Waals surface area contributed by atoms with Gasteiger partial charge in [0.25, 0.3) is 0 Å². The van der Waals surface area contributed by atoms with Gasteiger partial charge in [0.15, 0.2) is 5.82 Å². The van der Waals surface area contributed by atoms with Crippen molar-refractivity contribution in [3.05, 3.63) is 11.7 Å². The number of hydrogen-bond donors (Lipinski definition) is 1. The maximum atomic E-state index is 5.45. The topological polar surface area (TPSA) is 64.9 Å². The molecule has 17 heavy (non-hydrogen) atoms. The standard InChI is InChI=1S/C12H21N3OS/c13-8-4-7-12-14-11(15-16-12)9-17-10-5-2-1-3-6-10/h10H,1-9,13H2. The van der Waals surface area contributed by atoms with Gasteiger partial charge in [0.1, 0.15) is 0 Å². The van der Waals surface area contributed by atoms with Crippen molar-refractivity contribution < 1.29 is 4.52 Å². The normalized spacial score (nSPS) is 17.5. The first kappa shape index (κ1) is 12.9. The smallest absolute Gasteiger partial charge is 0.226 e. The van der Waals surface area contributed by atoms with Crippen molar-refractivity contribution >= 4 is 11.8 Å². The first-order chi connectivity index (χ1) is 8.38. The van der Waals surface area contributed by atoms with Crippen molar-refractivity contribution in [2.24, 2.45) is 5.73 Å². The molecule has 0 spiro atoms. The molecule has 0 amide bonds. The minimum atomic E-state index is 0.675. The van der Waals surface area contributed by atoms with Crippen LogP contribution in [0, 0.1) is 0 Å². The van der Waals surface area contributed by atoms with Crippen molar-refractivity contribution in [3.63, 3.8) is 0 Å². The van der Waals surface area contributed by atoms with Gasteiger partial charge in [0, 0.05) is 11.7 Å². The fraction of sp³-hybridized carbons (Fsp3) is 0.833. The van der Waals surface area contributed by atoms with Gasteiger partial charge in [-0.25, -0.2) is 0 Å². The van der Waals surface area contributed by atoms with Gasteiger partial charge in [-0.3, -0.25) is 0 Å². The van der Waals surface area contributed by atoms with E-state index in [9.17, 15) is 0 Å². The van der Waals surface area contributed by atoms with Gasteiger partial charge in [-0.1, -0.05) is 24.4 Å². The second kappa shape index (κ2) is 7.01. The van der Waals surface area contributed by atoms with Crippen LogP contribution in [0.5, 0.6) is 0 Å². The molecule has 1 aliphatic carbocycles. The van der Waals surface area contributed by atoms with Crippen molar-refractivity contribution in [1.29, 1.82) is 0 Å². The summed E-state index contributed by atoms with van der Waals surface area (Å²) in [7, 11) is 0. The second-order valence-corrected chi connectivity index (χ2v) is 5.86. The number of thioether (sulfide) groups is 1. The van der Waals surface area contributed by atoms with Crippen LogP contribution in [-0.4, -0.2) is 21.9 Å². The fourth-order valence-corrected chi connectivity index (χ4v) is 3.30. The molecular weight excluding hydrogens is 234 g/mol. The average Bonchev–Trinajstić information content (AvgIpc) is 2.83. The summed E-state index contributed by atoms with van der Waals surface area (Å²) in [5, 5.41) is 4.81. The van der Waals surface area contributed by atoms with E-state index >= 15 is 0 Å². The van der Waals surface area contributed by atoms with E-state index in [0.29, 0.717) is 6.54 Å². The molecule has 1 aromatic rings. The van der Waals surface area contributed by atoms with Crippen molar-refractivity contribution in [2.45, 2.75) is 55.9 Å². The van der Waals surface area contributed by atoms with Gasteiger partial charge in [-0.2, -0.15) is 16.7 Å². The predicted octanol–water partition coefficient (Wildman–Crippen LogP) is 2.53. The van der Waals surface area contributed by atoms with Crippen molar-refractivity contribution in [3.8, 4) is 0 Å². The zero-order chi connectivity index (χ0) is 11.9. The Hall–Kier alpha value is -0.550. The highest BCUT2D eigenvalue weighted by Crippen LogP contribution is 2.29. The molecule has 0 aliphatic heterocycles. The lowest BCUT2D eigenvalue weighted by Gasteiger charge is -2.19. The van der Waals surface area contributed by atoms with E-state index in [1.807, 2.05) is 11.8 Å². The molecule has 0 saturated heterocycles. The van der Waals surface area contributed by atoms with E-state index in [1.54, 1.807) is 0 Å². The lowest BCUT2D eigenvalue weighted by molar-refractivity contribution is 0.372. The highest BCUT2D eigenvalue weighted by atomic mass is 32.2. The maximum absolute atomic E-state index is 5.45. The third-order valence-corrected chi connectivity index (χ3v) is 4.47. The van der Waals surface area contributed by atoms with E-state index in [2.05, 4.69) is 10.1 Å². The van der Waals surface area contributed by atoms with E-state index in [1.165, 1.54) is 32.1 Å². The predicted molar refractivity (Wildman–Crippen MR) is 69.8 cm³/mol. The molecule has 0 unspecified atom stereocenters. The Kier molecular flexibility index (Phi) is 5.32. The molecule has 0 bridgehead atoms. The lowest BCUT2D eigenvalue weighted by atomic mass is 10.0. The molecule has 1 aliphatic rings. The number of aryl methyl sites for hydroxylation is 1. The van der Waals surface area contributed by atoms with Crippen LogP contribution in [-0.2, 0) is 12.2 Å². The molecule has 2 rings (SSSR count). The maximum Gasteiger partial charge on any atom is 0.226 e. The molecular formula is C12H21N3OS. The number of nitrogens with zero attached hydrogens (tertiary/aromatic N) is 2. The molecule has 1 aromatic heterocycles. The summed E-state index contributed by atoms with van der Waals surface area (Å²) in [5.41, 5.74) is 5.45. The van der Waals surface area contributed by atoms with Crippen molar-refractivity contribution in [1.82, 2.24) is 10.1 Å². The number of hydrogen-bond acceptors (Lipinski definition) is 5. The molecule has 0 aromatic carbocycles. The SMILES string of the molecule is NCCCc1nc(CSC2CCCCC2)no1. The van der Waals surface area contributed by atoms with Crippen LogP contribution in [0.25, 0.3) is 0 Å². The Labute approximate surface area is 107 Å². The Bertz CT molecular complexity index is 323. The average molecular weight is 255 g/mol. The summed E-state index contributed by atoms with van der Waals surface area (Å²) in [6.07, 6.45) is 8.58. The van der Waals surface area contributed by atoms with Gasteiger partial charge in [-0.05, 0) is 25.8 Å². The highest BCUT2D eigenvalue weighted by Gasteiger charge is 2.15. The summed E-state index contributed by atoms with van der Waals surface area (Å²) in [6.45, 7) is 0.675. The fourth-order valence-electron chi connectivity index (χ4n) is 2.13. The largest absolute Gasteiger partial charge is 0.339 e. The molecule has 0 radical (unpaired) electrons. The Morgan fingerprint density at radius 2 is 2.12 bits per heavy atom. The molecule has 1 saturated carbocycles. The first-order valence-electron chi connectivity index (χ1n) is 6.51. The molecule has 96 valence electrons. The third kappa shape index (κ3) is 4.32. The molecule has 5 heteroatoms. The van der Waals surface area contributed by atoms with Gasteiger partial charge < -0.3 is 10.3 Å². The molecule has 1 fully saturated rings. The van der Waals surface area contributed by atoms with Crippen LogP contribution in [0.1, 0.15) is 50.2 Å². The van der Waals surface area contributed by atoms with Gasteiger partial charge in [-0.15, -0.1) is 0 Å². The minimum Gasteiger partial charge on any atom is -0.339 e. The van der Waals surface area contributed by atoms with E-state index < -0.39 is 0 Å². The quantitative estimate of drug-likeness (QED) is 0.846. The van der Waals surface area contributed by atoms with Crippen LogP contribution < -0.4 is 5.73 Å². The Balaban J connectivity index is 1.72. The van der Waals surface area contributed by atoms with E-state index in [-0.39, 0.29) is 0 Å². The van der Waals surface area contributed by atoms with E-state index in [0.717, 1.165) is 35.6 Å². The van der Waals surface area contributed by atoms with Gasteiger partial charge in [0.2, 0.25) is 5.89 Å². The minimum absolute atomic E-state index is 0.675. The summed E-state index contributed by atoms with van der Waals surface area (Å²) >= 11 is 1.98. The second-order valence-electron chi connectivity index (χ2n) is 4.57. The molecule has 4 nitrogen and oxygen atoms in total. The van der Waals surface area contributed by atoms with Crippen LogP contribution >= 0.6 is 11.8 Å². The zero-order valence-electron chi connectivity index (χ0n) is 10.2. The van der Waals surface area contributed by atoms with Crippen molar-refractivity contribution in [2.75, 3.05) is 6.54 Å². The number of aromatic nitrogens is 2. The lowest BCUT2D eigenvalue weighted by Crippen LogP contribution is -2.08. The molecule has 0 atom stereocenters. The number of rotatable bonds is 6. The summed E-state index contributed by atoms with van der Waals surface area (Å²) in [4.78, 5) is 4.38. The van der Waals surface area contributed by atoms with Crippen LogP contribution in [0.3, 0.4) is 0 Å². The van der Waals surface area contributed by atoms with Crippen LogP contribution in [0.2, 0.25) is 0 Å². The van der Waals surface area contributed by atoms with E-state index in [4.69, 9.17) is 10.3 Å². The first-order valence-corrected chi connectivity index (χ1v) is 7.56. The Morgan fingerprint density at radius 1 is 1.29 bits per heavy atom. The number of nitrogens with two attached hydrogens (primary N) is 1. The monoisotopic (exact) mass is 255 g/mol. The zero-order valence-corrected chi connectivity index (χ0v) is 11.0.